The summed E-state index contributed by atoms with van der Waals surface area (Å²) in [5.41, 5.74) is 1.29. The van der Waals surface area contributed by atoms with Crippen LogP contribution < -0.4 is 10.1 Å². The highest BCUT2D eigenvalue weighted by molar-refractivity contribution is 5.85. The Morgan fingerprint density at radius 1 is 1.26 bits per heavy atom. The predicted molar refractivity (Wildman–Crippen MR) is 96.8 cm³/mol. The molecule has 1 saturated heterocycles. The molecular weight excluding hydrogens is 335 g/mol. The van der Waals surface area contributed by atoms with Gasteiger partial charge in [-0.3, -0.25) is 9.69 Å². The summed E-state index contributed by atoms with van der Waals surface area (Å²) in [5, 5.41) is 3.42. The maximum atomic E-state index is 11.2. The minimum absolute atomic E-state index is 0. The van der Waals surface area contributed by atoms with Gasteiger partial charge in [0.05, 0.1) is 0 Å². The highest BCUT2D eigenvalue weighted by Crippen LogP contribution is 2.42. The van der Waals surface area contributed by atoms with Gasteiger partial charge in [0.1, 0.15) is 5.75 Å². The summed E-state index contributed by atoms with van der Waals surface area (Å²) >= 11 is 0. The zero-order valence-electron chi connectivity index (χ0n) is 13.5. The van der Waals surface area contributed by atoms with Crippen molar-refractivity contribution >= 4 is 30.8 Å². The van der Waals surface area contributed by atoms with Gasteiger partial charge in [-0.15, -0.1) is 24.8 Å². The molecule has 0 unspecified atom stereocenters. The van der Waals surface area contributed by atoms with Crippen LogP contribution >= 0.6 is 24.8 Å². The highest BCUT2D eigenvalue weighted by atomic mass is 35.5. The number of halogens is 2. The van der Waals surface area contributed by atoms with Gasteiger partial charge in [0.2, 0.25) is 0 Å². The fourth-order valence-corrected chi connectivity index (χ4v) is 3.42. The van der Waals surface area contributed by atoms with Crippen LogP contribution in [-0.4, -0.2) is 37.0 Å². The van der Waals surface area contributed by atoms with E-state index < -0.39 is 0 Å². The smallest absolute Gasteiger partial charge is 0.308 e. The van der Waals surface area contributed by atoms with Gasteiger partial charge in [0.15, 0.2) is 0 Å². The summed E-state index contributed by atoms with van der Waals surface area (Å²) in [6.07, 6.45) is 3.97. The topological polar surface area (TPSA) is 41.6 Å². The molecule has 0 bridgehead atoms. The van der Waals surface area contributed by atoms with E-state index in [1.807, 2.05) is 18.2 Å². The number of carbonyl (C=O) groups excluding carboxylic acids is 1. The molecule has 4 nitrogen and oxygen atoms in total. The number of nitrogens with zero attached hydrogens (tertiary/aromatic N) is 1. The number of nitrogens with one attached hydrogen (secondary N) is 1. The third-order valence-electron chi connectivity index (χ3n) is 4.60. The number of hydrogen-bond acceptors (Lipinski definition) is 4. The Hall–Kier alpha value is -0.810. The number of carbonyl (C=O) groups is 1. The van der Waals surface area contributed by atoms with Crippen LogP contribution in [0.4, 0.5) is 0 Å². The standard InChI is InChI=1S/C17H24N2O2.2ClH/c1-13(20)21-16-7-3-6-15(12-16)17(14-4-2-5-14)19-10-8-18-9-11-19;;/h3,6-7,12,14,17-18H,2,4-5,8-11H2,1H3;2*1H/t17-;;/m0../s1. The first kappa shape index (κ1) is 20.2. The normalized spacial score (nSPS) is 19.7. The fourth-order valence-electron chi connectivity index (χ4n) is 3.42. The second-order valence-corrected chi connectivity index (χ2v) is 6.09. The maximum Gasteiger partial charge on any atom is 0.308 e. The van der Waals surface area contributed by atoms with Crippen LogP contribution in [0.25, 0.3) is 0 Å². The molecule has 1 heterocycles. The number of hydrogen-bond donors (Lipinski definition) is 1. The van der Waals surface area contributed by atoms with Crippen LogP contribution in [0.1, 0.15) is 37.8 Å². The van der Waals surface area contributed by atoms with Crippen LogP contribution in [0.3, 0.4) is 0 Å². The second kappa shape index (κ2) is 9.48. The largest absolute Gasteiger partial charge is 0.427 e. The van der Waals surface area contributed by atoms with Gasteiger partial charge in [-0.25, -0.2) is 0 Å². The van der Waals surface area contributed by atoms with E-state index in [9.17, 15) is 4.79 Å². The summed E-state index contributed by atoms with van der Waals surface area (Å²) in [7, 11) is 0. The lowest BCUT2D eigenvalue weighted by Crippen LogP contribution is -2.47. The van der Waals surface area contributed by atoms with E-state index in [4.69, 9.17) is 4.74 Å². The number of esters is 1. The molecule has 0 spiro atoms. The molecule has 1 aliphatic heterocycles. The zero-order valence-corrected chi connectivity index (χ0v) is 15.1. The molecule has 2 fully saturated rings. The number of rotatable bonds is 4. The Bertz CT molecular complexity index is 503. The van der Waals surface area contributed by atoms with E-state index in [0.29, 0.717) is 11.8 Å². The molecular formula is C17H26Cl2N2O2. The molecule has 6 heteroatoms. The Labute approximate surface area is 150 Å². The summed E-state index contributed by atoms with van der Waals surface area (Å²) in [5.74, 6) is 1.16. The van der Waals surface area contributed by atoms with Crippen molar-refractivity contribution in [2.45, 2.75) is 32.2 Å². The quantitative estimate of drug-likeness (QED) is 0.661. The van der Waals surface area contributed by atoms with Crippen molar-refractivity contribution in [3.8, 4) is 5.75 Å². The lowest BCUT2D eigenvalue weighted by atomic mass is 9.76. The SMILES string of the molecule is CC(=O)Oc1cccc([C@H](C2CCC2)N2CCNCC2)c1.Cl.Cl. The Morgan fingerprint density at radius 2 is 1.96 bits per heavy atom. The first-order valence-electron chi connectivity index (χ1n) is 7.97. The third-order valence-corrected chi connectivity index (χ3v) is 4.60. The van der Waals surface area contributed by atoms with Crippen molar-refractivity contribution in [3.05, 3.63) is 29.8 Å². The predicted octanol–water partition coefficient (Wildman–Crippen LogP) is 3.20. The first-order valence-corrected chi connectivity index (χ1v) is 7.97. The third kappa shape index (κ3) is 5.08. The van der Waals surface area contributed by atoms with Crippen molar-refractivity contribution < 1.29 is 9.53 Å². The Kier molecular flexibility index (Phi) is 8.34. The highest BCUT2D eigenvalue weighted by Gasteiger charge is 2.33. The molecule has 23 heavy (non-hydrogen) atoms. The molecule has 0 aromatic heterocycles. The minimum Gasteiger partial charge on any atom is -0.427 e. The molecule has 2 aliphatic rings. The molecule has 3 rings (SSSR count). The van der Waals surface area contributed by atoms with E-state index in [0.717, 1.165) is 32.1 Å². The van der Waals surface area contributed by atoms with Gasteiger partial charge < -0.3 is 10.1 Å². The van der Waals surface area contributed by atoms with Crippen molar-refractivity contribution in [3.63, 3.8) is 0 Å². The van der Waals surface area contributed by atoms with Crippen LogP contribution in [-0.2, 0) is 4.79 Å². The molecule has 0 radical (unpaired) electrons. The van der Waals surface area contributed by atoms with Crippen molar-refractivity contribution in [2.75, 3.05) is 26.2 Å². The van der Waals surface area contributed by atoms with Crippen LogP contribution in [0, 0.1) is 5.92 Å². The molecule has 1 aromatic rings. The van der Waals surface area contributed by atoms with E-state index in [2.05, 4.69) is 16.3 Å². The minimum atomic E-state index is -0.255. The average Bonchev–Trinajstić information content (AvgIpc) is 2.43. The van der Waals surface area contributed by atoms with Crippen molar-refractivity contribution in [1.82, 2.24) is 10.2 Å². The van der Waals surface area contributed by atoms with E-state index in [-0.39, 0.29) is 30.8 Å². The van der Waals surface area contributed by atoms with Gasteiger partial charge in [-0.05, 0) is 36.5 Å². The number of ether oxygens (including phenoxy) is 1. The van der Waals surface area contributed by atoms with Gasteiger partial charge in [0.25, 0.3) is 0 Å². The summed E-state index contributed by atoms with van der Waals surface area (Å²) < 4.78 is 5.25. The summed E-state index contributed by atoms with van der Waals surface area (Å²) in [6, 6.07) is 8.56. The number of benzene rings is 1. The van der Waals surface area contributed by atoms with E-state index in [1.165, 1.54) is 31.7 Å². The van der Waals surface area contributed by atoms with E-state index >= 15 is 0 Å². The molecule has 1 aromatic carbocycles. The average molecular weight is 361 g/mol. The van der Waals surface area contributed by atoms with Gasteiger partial charge in [-0.1, -0.05) is 18.6 Å². The van der Waals surface area contributed by atoms with Crippen molar-refractivity contribution in [1.29, 1.82) is 0 Å². The molecule has 1 N–H and O–H groups in total. The van der Waals surface area contributed by atoms with Crippen LogP contribution in [0.2, 0.25) is 0 Å². The van der Waals surface area contributed by atoms with E-state index in [1.54, 1.807) is 0 Å². The zero-order chi connectivity index (χ0) is 14.7. The Morgan fingerprint density at radius 3 is 2.52 bits per heavy atom. The van der Waals surface area contributed by atoms with Gasteiger partial charge in [-0.2, -0.15) is 0 Å². The van der Waals surface area contributed by atoms with Crippen molar-refractivity contribution in [2.24, 2.45) is 5.92 Å². The summed E-state index contributed by atoms with van der Waals surface area (Å²) in [4.78, 5) is 13.7. The van der Waals surface area contributed by atoms with Gasteiger partial charge >= 0.3 is 5.97 Å². The van der Waals surface area contributed by atoms with Crippen LogP contribution in [0.5, 0.6) is 5.75 Å². The maximum absolute atomic E-state index is 11.2. The first-order chi connectivity index (χ1) is 10.2. The Balaban J connectivity index is 0.00000132. The molecule has 130 valence electrons. The molecule has 1 saturated carbocycles. The molecule has 1 aliphatic carbocycles. The monoisotopic (exact) mass is 360 g/mol. The number of piperazine rings is 1. The lowest BCUT2D eigenvalue weighted by molar-refractivity contribution is -0.131. The fraction of sp³-hybridized carbons (Fsp3) is 0.588. The lowest BCUT2D eigenvalue weighted by Gasteiger charge is -2.43. The second-order valence-electron chi connectivity index (χ2n) is 6.09. The molecule has 1 atom stereocenters. The van der Waals surface area contributed by atoms with Crippen LogP contribution in [0.15, 0.2) is 24.3 Å². The molecule has 0 amide bonds. The van der Waals surface area contributed by atoms with Gasteiger partial charge in [0, 0.05) is 39.1 Å². The summed E-state index contributed by atoms with van der Waals surface area (Å²) in [6.45, 7) is 5.77.